The standard InChI is InChI=1S/C25H28N6O2/c1-16-6-5-7-20(23(16)33-4)25(32)30-12-9-19(14-30)22-8-10-27-24-21(17(2)28-31(22)24)15-29-13-11-26-18(29)3/h5-8,10-11,13,19H,9,12,14-15H2,1-4H3/t19-/m1/s1. The first-order valence-electron chi connectivity index (χ1n) is 11.2. The number of likely N-dealkylation sites (tertiary alicyclic amines) is 1. The van der Waals surface area contributed by atoms with Gasteiger partial charge < -0.3 is 14.2 Å². The molecule has 4 heterocycles. The van der Waals surface area contributed by atoms with Crippen molar-refractivity contribution < 1.29 is 9.53 Å². The summed E-state index contributed by atoms with van der Waals surface area (Å²) in [4.78, 5) is 24.2. The van der Waals surface area contributed by atoms with E-state index in [1.54, 1.807) is 7.11 Å². The maximum atomic E-state index is 13.3. The van der Waals surface area contributed by atoms with E-state index < -0.39 is 0 Å². The lowest BCUT2D eigenvalue weighted by Crippen LogP contribution is -2.29. The van der Waals surface area contributed by atoms with E-state index in [2.05, 4.69) is 14.5 Å². The van der Waals surface area contributed by atoms with Crippen LogP contribution in [0.2, 0.25) is 0 Å². The molecule has 4 aromatic rings. The summed E-state index contributed by atoms with van der Waals surface area (Å²) in [5.41, 5.74) is 5.58. The Bertz CT molecular complexity index is 1340. The van der Waals surface area contributed by atoms with Crippen molar-refractivity contribution in [2.75, 3.05) is 20.2 Å². The SMILES string of the molecule is COc1c(C)cccc1C(=O)N1CC[C@@H](c2ccnc3c(Cn4ccnc4C)c(C)nn23)C1. The second-order valence-electron chi connectivity index (χ2n) is 8.66. The first-order chi connectivity index (χ1) is 16.0. The van der Waals surface area contributed by atoms with Crippen LogP contribution in [0.1, 0.15) is 51.0 Å². The lowest BCUT2D eigenvalue weighted by atomic mass is 10.0. The molecule has 33 heavy (non-hydrogen) atoms. The molecule has 8 heteroatoms. The molecule has 1 saturated heterocycles. The van der Waals surface area contributed by atoms with Crippen LogP contribution < -0.4 is 4.74 Å². The van der Waals surface area contributed by atoms with Crippen LogP contribution in [0.25, 0.3) is 5.65 Å². The Morgan fingerprint density at radius 2 is 2.00 bits per heavy atom. The first kappa shape index (κ1) is 21.2. The molecule has 8 nitrogen and oxygen atoms in total. The van der Waals surface area contributed by atoms with Gasteiger partial charge in [0, 0.05) is 43.2 Å². The minimum atomic E-state index is 0.0104. The number of aryl methyl sites for hydroxylation is 3. The van der Waals surface area contributed by atoms with Crippen LogP contribution in [0.5, 0.6) is 5.75 Å². The number of rotatable bonds is 5. The zero-order chi connectivity index (χ0) is 23.1. The third kappa shape index (κ3) is 3.65. The lowest BCUT2D eigenvalue weighted by molar-refractivity contribution is 0.0787. The summed E-state index contributed by atoms with van der Waals surface area (Å²) in [5.74, 6) is 1.81. The molecule has 0 N–H and O–H groups in total. The Kier molecular flexibility index (Phi) is 5.36. The molecule has 0 saturated carbocycles. The molecule has 5 rings (SSSR count). The van der Waals surface area contributed by atoms with E-state index in [-0.39, 0.29) is 11.8 Å². The highest BCUT2D eigenvalue weighted by Gasteiger charge is 2.31. The third-order valence-corrected chi connectivity index (χ3v) is 6.64. The predicted octanol–water partition coefficient (Wildman–Crippen LogP) is 3.54. The molecule has 170 valence electrons. The summed E-state index contributed by atoms with van der Waals surface area (Å²) in [5, 5.41) is 4.83. The zero-order valence-electron chi connectivity index (χ0n) is 19.4. The summed E-state index contributed by atoms with van der Waals surface area (Å²) >= 11 is 0. The Labute approximate surface area is 192 Å². The Hall–Kier alpha value is -3.68. The topological polar surface area (TPSA) is 77.5 Å². The van der Waals surface area contributed by atoms with Gasteiger partial charge in [-0.05, 0) is 44.9 Å². The summed E-state index contributed by atoms with van der Waals surface area (Å²) in [6.07, 6.45) is 6.52. The molecule has 0 unspecified atom stereocenters. The van der Waals surface area contributed by atoms with Gasteiger partial charge in [0.25, 0.3) is 5.91 Å². The van der Waals surface area contributed by atoms with E-state index in [4.69, 9.17) is 9.84 Å². The number of imidazole rings is 1. The molecular formula is C25H28N6O2. The van der Waals surface area contributed by atoms with Gasteiger partial charge in [-0.2, -0.15) is 5.10 Å². The second kappa shape index (κ2) is 8.35. The lowest BCUT2D eigenvalue weighted by Gasteiger charge is -2.19. The van der Waals surface area contributed by atoms with E-state index in [0.717, 1.165) is 40.4 Å². The molecule has 0 spiro atoms. The molecule has 1 fully saturated rings. The van der Waals surface area contributed by atoms with Gasteiger partial charge >= 0.3 is 0 Å². The van der Waals surface area contributed by atoms with Crippen molar-refractivity contribution in [1.29, 1.82) is 0 Å². The fourth-order valence-corrected chi connectivity index (χ4v) is 4.80. The average Bonchev–Trinajstić information content (AvgIpc) is 3.53. The summed E-state index contributed by atoms with van der Waals surface area (Å²) in [7, 11) is 1.61. The average molecular weight is 445 g/mol. The molecule has 0 radical (unpaired) electrons. The Balaban J connectivity index is 1.43. The summed E-state index contributed by atoms with van der Waals surface area (Å²) in [6.45, 7) is 8.00. The fourth-order valence-electron chi connectivity index (χ4n) is 4.80. The second-order valence-corrected chi connectivity index (χ2v) is 8.66. The molecular weight excluding hydrogens is 416 g/mol. The minimum Gasteiger partial charge on any atom is -0.496 e. The van der Waals surface area contributed by atoms with Crippen LogP contribution in [-0.4, -0.2) is 55.2 Å². The molecule has 3 aromatic heterocycles. The van der Waals surface area contributed by atoms with E-state index in [9.17, 15) is 4.79 Å². The van der Waals surface area contributed by atoms with Crippen LogP contribution in [-0.2, 0) is 6.54 Å². The number of carbonyl (C=O) groups excluding carboxylic acids is 1. The fraction of sp³-hybridized carbons (Fsp3) is 0.360. The van der Waals surface area contributed by atoms with Gasteiger partial charge in [-0.15, -0.1) is 0 Å². The van der Waals surface area contributed by atoms with Crippen LogP contribution >= 0.6 is 0 Å². The van der Waals surface area contributed by atoms with Crippen molar-refractivity contribution in [2.24, 2.45) is 0 Å². The summed E-state index contributed by atoms with van der Waals surface area (Å²) in [6, 6.07) is 7.73. The molecule has 0 bridgehead atoms. The van der Waals surface area contributed by atoms with Crippen LogP contribution in [0, 0.1) is 20.8 Å². The molecule has 1 aliphatic heterocycles. The number of ether oxygens (including phenoxy) is 1. The highest BCUT2D eigenvalue weighted by atomic mass is 16.5. The maximum absolute atomic E-state index is 13.3. The molecule has 0 aliphatic carbocycles. The molecule has 1 atom stereocenters. The molecule has 1 amide bonds. The van der Waals surface area contributed by atoms with Gasteiger partial charge in [-0.3, -0.25) is 4.79 Å². The van der Waals surface area contributed by atoms with Crippen molar-refractivity contribution in [3.63, 3.8) is 0 Å². The Morgan fingerprint density at radius 3 is 2.76 bits per heavy atom. The van der Waals surface area contributed by atoms with Gasteiger partial charge in [0.15, 0.2) is 5.65 Å². The molecule has 1 aromatic carbocycles. The predicted molar refractivity (Wildman–Crippen MR) is 125 cm³/mol. The van der Waals surface area contributed by atoms with E-state index in [1.165, 1.54) is 0 Å². The van der Waals surface area contributed by atoms with Crippen molar-refractivity contribution in [1.82, 2.24) is 29.0 Å². The van der Waals surface area contributed by atoms with Gasteiger partial charge in [-0.25, -0.2) is 14.5 Å². The van der Waals surface area contributed by atoms with Crippen LogP contribution in [0.3, 0.4) is 0 Å². The van der Waals surface area contributed by atoms with Gasteiger partial charge in [0.05, 0.1) is 30.6 Å². The number of carbonyl (C=O) groups is 1. The third-order valence-electron chi connectivity index (χ3n) is 6.64. The van der Waals surface area contributed by atoms with Gasteiger partial charge in [0.2, 0.25) is 0 Å². The number of aromatic nitrogens is 5. The minimum absolute atomic E-state index is 0.0104. The first-order valence-corrected chi connectivity index (χ1v) is 11.2. The summed E-state index contributed by atoms with van der Waals surface area (Å²) < 4.78 is 9.58. The number of nitrogens with zero attached hydrogens (tertiary/aromatic N) is 6. The van der Waals surface area contributed by atoms with E-state index in [0.29, 0.717) is 30.9 Å². The number of amides is 1. The van der Waals surface area contributed by atoms with E-state index in [1.807, 2.05) is 73.0 Å². The van der Waals surface area contributed by atoms with Gasteiger partial charge in [0.1, 0.15) is 11.6 Å². The van der Waals surface area contributed by atoms with Crippen molar-refractivity contribution >= 4 is 11.6 Å². The number of methoxy groups -OCH3 is 1. The van der Waals surface area contributed by atoms with Crippen LogP contribution in [0.15, 0.2) is 42.9 Å². The van der Waals surface area contributed by atoms with Crippen molar-refractivity contribution in [3.05, 3.63) is 76.8 Å². The van der Waals surface area contributed by atoms with Gasteiger partial charge in [-0.1, -0.05) is 12.1 Å². The quantitative estimate of drug-likeness (QED) is 0.471. The normalized spacial score (nSPS) is 16.0. The van der Waals surface area contributed by atoms with Crippen molar-refractivity contribution in [2.45, 2.75) is 39.7 Å². The monoisotopic (exact) mass is 444 g/mol. The number of fused-ring (bicyclic) bond motifs is 1. The number of para-hydroxylation sites is 1. The number of hydrogen-bond acceptors (Lipinski definition) is 5. The Morgan fingerprint density at radius 1 is 1.15 bits per heavy atom. The molecule has 1 aliphatic rings. The van der Waals surface area contributed by atoms with Crippen molar-refractivity contribution in [3.8, 4) is 5.75 Å². The number of benzene rings is 1. The highest BCUT2D eigenvalue weighted by Crippen LogP contribution is 2.31. The highest BCUT2D eigenvalue weighted by molar-refractivity contribution is 5.97. The van der Waals surface area contributed by atoms with Crippen LogP contribution in [0.4, 0.5) is 0 Å². The maximum Gasteiger partial charge on any atom is 0.257 e. The number of hydrogen-bond donors (Lipinski definition) is 0. The van der Waals surface area contributed by atoms with E-state index >= 15 is 0 Å². The smallest absolute Gasteiger partial charge is 0.257 e. The largest absolute Gasteiger partial charge is 0.496 e. The zero-order valence-corrected chi connectivity index (χ0v) is 19.4.